The monoisotopic (exact) mass is 383 g/mol. The van der Waals surface area contributed by atoms with Crippen molar-refractivity contribution in [2.24, 2.45) is 5.10 Å². The SMILES string of the molecule is O=C(CNc1ccccc1)N/N=C/c1ccc(N2CCOCC2)c([N+](=O)[O-])c1. The third kappa shape index (κ3) is 5.27. The van der Waals surface area contributed by atoms with Gasteiger partial charge in [-0.1, -0.05) is 24.3 Å². The van der Waals surface area contributed by atoms with Crippen molar-refractivity contribution >= 4 is 29.2 Å². The average molecular weight is 383 g/mol. The van der Waals surface area contributed by atoms with Gasteiger partial charge in [0.05, 0.1) is 30.9 Å². The summed E-state index contributed by atoms with van der Waals surface area (Å²) in [6.07, 6.45) is 1.39. The Morgan fingerprint density at radius 1 is 1.21 bits per heavy atom. The molecule has 3 rings (SSSR count). The highest BCUT2D eigenvalue weighted by molar-refractivity contribution is 5.86. The molecule has 1 aliphatic heterocycles. The average Bonchev–Trinajstić information content (AvgIpc) is 2.73. The standard InChI is InChI=1S/C19H21N5O4/c25-19(14-20-16-4-2-1-3-5-16)22-21-13-15-6-7-17(18(12-15)24(26)27)23-8-10-28-11-9-23/h1-7,12-13,20H,8-11,14H2,(H,22,25)/b21-13+. The third-order valence-corrected chi connectivity index (χ3v) is 4.18. The molecular formula is C19H21N5O4. The van der Waals surface area contributed by atoms with Crippen molar-refractivity contribution in [2.75, 3.05) is 43.1 Å². The van der Waals surface area contributed by atoms with Crippen LogP contribution in [0.15, 0.2) is 53.6 Å². The lowest BCUT2D eigenvalue weighted by atomic mass is 10.1. The molecule has 0 saturated carbocycles. The van der Waals surface area contributed by atoms with Gasteiger partial charge < -0.3 is 15.0 Å². The lowest BCUT2D eigenvalue weighted by molar-refractivity contribution is -0.384. The van der Waals surface area contributed by atoms with Crippen LogP contribution in [0.2, 0.25) is 0 Å². The van der Waals surface area contributed by atoms with Gasteiger partial charge in [-0.25, -0.2) is 5.43 Å². The molecule has 2 N–H and O–H groups in total. The van der Waals surface area contributed by atoms with E-state index in [-0.39, 0.29) is 18.1 Å². The highest BCUT2D eigenvalue weighted by Gasteiger charge is 2.21. The number of hydrazone groups is 1. The van der Waals surface area contributed by atoms with Crippen LogP contribution in [0.25, 0.3) is 0 Å². The van der Waals surface area contributed by atoms with E-state index >= 15 is 0 Å². The predicted octanol–water partition coefficient (Wildman–Crippen LogP) is 1.99. The van der Waals surface area contributed by atoms with E-state index in [1.807, 2.05) is 35.2 Å². The van der Waals surface area contributed by atoms with Crippen LogP contribution in [0.5, 0.6) is 0 Å². The molecule has 0 radical (unpaired) electrons. The number of morpholine rings is 1. The van der Waals surface area contributed by atoms with Crippen molar-refractivity contribution < 1.29 is 14.5 Å². The molecule has 9 nitrogen and oxygen atoms in total. The van der Waals surface area contributed by atoms with Gasteiger partial charge in [0.2, 0.25) is 0 Å². The summed E-state index contributed by atoms with van der Waals surface area (Å²) < 4.78 is 5.29. The Labute approximate surface area is 162 Å². The Bertz CT molecular complexity index is 851. The number of hydrogen-bond acceptors (Lipinski definition) is 7. The minimum absolute atomic E-state index is 0.00270. The van der Waals surface area contributed by atoms with Crippen LogP contribution < -0.4 is 15.6 Å². The van der Waals surface area contributed by atoms with E-state index in [4.69, 9.17) is 4.74 Å². The first-order chi connectivity index (χ1) is 13.6. The zero-order chi connectivity index (χ0) is 19.8. The number of nitro benzene ring substituents is 1. The molecule has 0 bridgehead atoms. The number of amides is 1. The summed E-state index contributed by atoms with van der Waals surface area (Å²) in [4.78, 5) is 24.8. The third-order valence-electron chi connectivity index (χ3n) is 4.18. The fraction of sp³-hybridized carbons (Fsp3) is 0.263. The number of benzene rings is 2. The Morgan fingerprint density at radius 2 is 1.96 bits per heavy atom. The summed E-state index contributed by atoms with van der Waals surface area (Å²) in [6, 6.07) is 14.2. The summed E-state index contributed by atoms with van der Waals surface area (Å²) in [5.74, 6) is -0.320. The van der Waals surface area contributed by atoms with Gasteiger partial charge in [-0.05, 0) is 18.2 Å². The molecular weight excluding hydrogens is 362 g/mol. The van der Waals surface area contributed by atoms with Crippen LogP contribution in [-0.4, -0.2) is 49.9 Å². The van der Waals surface area contributed by atoms with E-state index in [9.17, 15) is 14.9 Å². The van der Waals surface area contributed by atoms with Gasteiger partial charge in [0.15, 0.2) is 0 Å². The van der Waals surface area contributed by atoms with Crippen LogP contribution in [0.4, 0.5) is 17.1 Å². The highest BCUT2D eigenvalue weighted by Crippen LogP contribution is 2.29. The molecule has 0 spiro atoms. The maximum absolute atomic E-state index is 11.8. The van der Waals surface area contributed by atoms with Crippen LogP contribution >= 0.6 is 0 Å². The van der Waals surface area contributed by atoms with Crippen molar-refractivity contribution in [2.45, 2.75) is 0 Å². The number of anilines is 2. The second kappa shape index (κ2) is 9.47. The second-order valence-electron chi connectivity index (χ2n) is 6.12. The molecule has 2 aromatic rings. The Morgan fingerprint density at radius 3 is 2.68 bits per heavy atom. The summed E-state index contributed by atoms with van der Waals surface area (Å²) in [5.41, 5.74) is 4.32. The van der Waals surface area contributed by atoms with Crippen LogP contribution in [0, 0.1) is 10.1 Å². The lowest BCUT2D eigenvalue weighted by Crippen LogP contribution is -2.36. The Balaban J connectivity index is 1.59. The summed E-state index contributed by atoms with van der Waals surface area (Å²) in [6.45, 7) is 2.38. The van der Waals surface area contributed by atoms with E-state index in [1.54, 1.807) is 12.1 Å². The number of nitrogens with zero attached hydrogens (tertiary/aromatic N) is 3. The maximum Gasteiger partial charge on any atom is 0.293 e. The van der Waals surface area contributed by atoms with E-state index in [0.29, 0.717) is 37.6 Å². The van der Waals surface area contributed by atoms with Gasteiger partial charge in [-0.3, -0.25) is 14.9 Å². The number of carbonyl (C=O) groups excluding carboxylic acids is 1. The largest absolute Gasteiger partial charge is 0.378 e. The first-order valence-electron chi connectivity index (χ1n) is 8.85. The number of nitro groups is 1. The van der Waals surface area contributed by atoms with Gasteiger partial charge in [0.1, 0.15) is 5.69 Å². The van der Waals surface area contributed by atoms with Crippen molar-refractivity contribution in [3.63, 3.8) is 0 Å². The molecule has 1 aliphatic rings. The zero-order valence-electron chi connectivity index (χ0n) is 15.2. The number of rotatable bonds is 7. The number of carbonyl (C=O) groups is 1. The number of hydrogen-bond donors (Lipinski definition) is 2. The molecule has 0 aromatic heterocycles. The molecule has 28 heavy (non-hydrogen) atoms. The molecule has 1 heterocycles. The van der Waals surface area contributed by atoms with Crippen LogP contribution in [-0.2, 0) is 9.53 Å². The van der Waals surface area contributed by atoms with Crippen LogP contribution in [0.3, 0.4) is 0 Å². The molecule has 1 saturated heterocycles. The molecule has 2 aromatic carbocycles. The number of ether oxygens (including phenoxy) is 1. The fourth-order valence-corrected chi connectivity index (χ4v) is 2.80. The fourth-order valence-electron chi connectivity index (χ4n) is 2.80. The van der Waals surface area contributed by atoms with Gasteiger partial charge in [-0.15, -0.1) is 0 Å². The first-order valence-corrected chi connectivity index (χ1v) is 8.85. The molecule has 1 amide bonds. The summed E-state index contributed by atoms with van der Waals surface area (Å²) >= 11 is 0. The maximum atomic E-state index is 11.8. The minimum atomic E-state index is -0.412. The Kier molecular flexibility index (Phi) is 6.53. The predicted molar refractivity (Wildman–Crippen MR) is 107 cm³/mol. The molecule has 0 unspecified atom stereocenters. The lowest BCUT2D eigenvalue weighted by Gasteiger charge is -2.28. The highest BCUT2D eigenvalue weighted by atomic mass is 16.6. The van der Waals surface area contributed by atoms with Crippen molar-refractivity contribution in [3.8, 4) is 0 Å². The van der Waals surface area contributed by atoms with Crippen LogP contribution in [0.1, 0.15) is 5.56 Å². The molecule has 9 heteroatoms. The molecule has 1 fully saturated rings. The van der Waals surface area contributed by atoms with E-state index < -0.39 is 4.92 Å². The topological polar surface area (TPSA) is 109 Å². The minimum Gasteiger partial charge on any atom is -0.378 e. The summed E-state index contributed by atoms with van der Waals surface area (Å²) in [5, 5.41) is 18.3. The number of nitrogens with one attached hydrogen (secondary N) is 2. The Hall–Kier alpha value is -3.46. The normalized spacial score (nSPS) is 14.1. The van der Waals surface area contributed by atoms with Gasteiger partial charge in [0, 0.05) is 30.4 Å². The quantitative estimate of drug-likeness (QED) is 0.430. The van der Waals surface area contributed by atoms with E-state index in [2.05, 4.69) is 15.8 Å². The van der Waals surface area contributed by atoms with Crippen molar-refractivity contribution in [1.29, 1.82) is 0 Å². The first kappa shape index (κ1) is 19.3. The molecule has 0 aliphatic carbocycles. The number of para-hydroxylation sites is 1. The van der Waals surface area contributed by atoms with Gasteiger partial charge in [-0.2, -0.15) is 5.10 Å². The van der Waals surface area contributed by atoms with Gasteiger partial charge >= 0.3 is 0 Å². The smallest absolute Gasteiger partial charge is 0.293 e. The zero-order valence-corrected chi connectivity index (χ0v) is 15.2. The second-order valence-corrected chi connectivity index (χ2v) is 6.12. The summed E-state index contributed by atoms with van der Waals surface area (Å²) in [7, 11) is 0. The van der Waals surface area contributed by atoms with E-state index in [1.165, 1.54) is 12.3 Å². The van der Waals surface area contributed by atoms with E-state index in [0.717, 1.165) is 5.69 Å². The van der Waals surface area contributed by atoms with Gasteiger partial charge in [0.25, 0.3) is 11.6 Å². The molecule has 146 valence electrons. The van der Waals surface area contributed by atoms with Crippen molar-refractivity contribution in [1.82, 2.24) is 5.43 Å². The molecule has 0 atom stereocenters. The van der Waals surface area contributed by atoms with Crippen molar-refractivity contribution in [3.05, 3.63) is 64.2 Å².